The van der Waals surface area contributed by atoms with Crippen LogP contribution >= 0.6 is 24.8 Å². The van der Waals surface area contributed by atoms with E-state index in [4.69, 9.17) is 0 Å². The number of hydrogen-bond acceptors (Lipinski definition) is 3. The van der Waals surface area contributed by atoms with Crippen LogP contribution in [-0.4, -0.2) is 28.8 Å². The summed E-state index contributed by atoms with van der Waals surface area (Å²) in [5.41, 5.74) is 4.13. The van der Waals surface area contributed by atoms with Crippen LogP contribution in [0, 0.1) is 13.8 Å². The van der Waals surface area contributed by atoms with E-state index in [0.29, 0.717) is 6.54 Å². The molecule has 1 aliphatic heterocycles. The highest BCUT2D eigenvalue weighted by Crippen LogP contribution is 2.22. The number of hydrogen-bond donors (Lipinski definition) is 1. The minimum Gasteiger partial charge on any atom is -0.311 e. The first-order valence-corrected chi connectivity index (χ1v) is 7.25. The van der Waals surface area contributed by atoms with Gasteiger partial charge >= 0.3 is 0 Å². The fraction of sp³-hybridized carbons (Fsp3) is 0.375. The van der Waals surface area contributed by atoms with E-state index < -0.39 is 0 Å². The number of anilines is 1. The number of rotatable bonds is 2. The van der Waals surface area contributed by atoms with Gasteiger partial charge in [-0.25, -0.2) is 0 Å². The van der Waals surface area contributed by atoms with Crippen LogP contribution in [0.25, 0.3) is 0 Å². The monoisotopic (exact) mass is 356 g/mol. The Morgan fingerprint density at radius 2 is 2.00 bits per heavy atom. The molecular formula is C16H22Cl2N4O. The predicted octanol–water partition coefficient (Wildman–Crippen LogP) is 2.48. The lowest BCUT2D eigenvalue weighted by Gasteiger charge is -2.22. The van der Waals surface area contributed by atoms with Crippen LogP contribution in [0.3, 0.4) is 0 Å². The summed E-state index contributed by atoms with van der Waals surface area (Å²) in [6.45, 7) is 6.50. The van der Waals surface area contributed by atoms with E-state index in [1.165, 1.54) is 0 Å². The number of nitrogens with one attached hydrogen (secondary N) is 1. The van der Waals surface area contributed by atoms with Gasteiger partial charge in [-0.05, 0) is 31.5 Å². The van der Waals surface area contributed by atoms with Gasteiger partial charge in [-0.2, -0.15) is 5.10 Å². The molecule has 0 radical (unpaired) electrons. The van der Waals surface area contributed by atoms with Crippen LogP contribution in [0.5, 0.6) is 0 Å². The molecule has 0 aliphatic carbocycles. The van der Waals surface area contributed by atoms with E-state index in [9.17, 15) is 4.79 Å². The molecule has 2 heterocycles. The van der Waals surface area contributed by atoms with Gasteiger partial charge in [0, 0.05) is 31.0 Å². The van der Waals surface area contributed by atoms with Crippen LogP contribution in [0.2, 0.25) is 0 Å². The third kappa shape index (κ3) is 4.25. The quantitative estimate of drug-likeness (QED) is 0.899. The molecule has 126 valence electrons. The van der Waals surface area contributed by atoms with Gasteiger partial charge in [0.15, 0.2) is 0 Å². The van der Waals surface area contributed by atoms with E-state index in [-0.39, 0.29) is 37.3 Å². The number of carbonyl (C=O) groups excluding carboxylic acids is 1. The first-order valence-electron chi connectivity index (χ1n) is 7.25. The van der Waals surface area contributed by atoms with Crippen LogP contribution < -0.4 is 10.2 Å². The van der Waals surface area contributed by atoms with Crippen LogP contribution in [0.1, 0.15) is 17.0 Å². The summed E-state index contributed by atoms with van der Waals surface area (Å²) in [5.74, 6) is 0.0809. The van der Waals surface area contributed by atoms with Crippen molar-refractivity contribution >= 4 is 36.4 Å². The van der Waals surface area contributed by atoms with Crippen LogP contribution in [-0.2, 0) is 17.9 Å². The number of halogens is 2. The highest BCUT2D eigenvalue weighted by molar-refractivity contribution is 5.94. The Morgan fingerprint density at radius 3 is 2.70 bits per heavy atom. The number of nitrogens with zero attached hydrogens (tertiary/aromatic N) is 3. The lowest BCUT2D eigenvalue weighted by molar-refractivity contribution is -0.119. The number of fused-ring (bicyclic) bond motifs is 1. The molecule has 1 N–H and O–H groups in total. The molecule has 5 nitrogen and oxygen atoms in total. The maximum Gasteiger partial charge on any atom is 0.248 e. The summed E-state index contributed by atoms with van der Waals surface area (Å²) >= 11 is 0. The topological polar surface area (TPSA) is 50.2 Å². The van der Waals surface area contributed by atoms with Crippen molar-refractivity contribution in [3.8, 4) is 0 Å². The van der Waals surface area contributed by atoms with Crippen LogP contribution in [0.15, 0.2) is 30.3 Å². The van der Waals surface area contributed by atoms with E-state index in [1.54, 1.807) is 4.68 Å². The Hall–Kier alpha value is -1.56. The van der Waals surface area contributed by atoms with Crippen molar-refractivity contribution in [3.05, 3.63) is 47.3 Å². The molecule has 0 bridgehead atoms. The molecule has 1 aromatic heterocycles. The highest BCUT2D eigenvalue weighted by Gasteiger charge is 2.21. The highest BCUT2D eigenvalue weighted by atomic mass is 35.5. The summed E-state index contributed by atoms with van der Waals surface area (Å²) in [6, 6.07) is 10.1. The molecule has 2 aromatic rings. The second-order valence-electron chi connectivity index (χ2n) is 5.44. The minimum absolute atomic E-state index is 0. The van der Waals surface area contributed by atoms with Gasteiger partial charge in [-0.15, -0.1) is 24.8 Å². The molecule has 7 heteroatoms. The Kier molecular flexibility index (Phi) is 7.06. The third-order valence-corrected chi connectivity index (χ3v) is 3.80. The van der Waals surface area contributed by atoms with Gasteiger partial charge < -0.3 is 10.2 Å². The fourth-order valence-corrected chi connectivity index (χ4v) is 2.77. The first kappa shape index (κ1) is 19.5. The van der Waals surface area contributed by atoms with Crippen molar-refractivity contribution in [2.24, 2.45) is 0 Å². The Morgan fingerprint density at radius 1 is 1.26 bits per heavy atom. The van der Waals surface area contributed by atoms with Crippen molar-refractivity contribution in [3.63, 3.8) is 0 Å². The molecule has 1 amide bonds. The number of benzene rings is 1. The Labute approximate surface area is 148 Å². The predicted molar refractivity (Wildman–Crippen MR) is 96.7 cm³/mol. The summed E-state index contributed by atoms with van der Waals surface area (Å²) in [5, 5.41) is 7.73. The van der Waals surface area contributed by atoms with Crippen molar-refractivity contribution in [2.45, 2.75) is 26.9 Å². The van der Waals surface area contributed by atoms with Crippen molar-refractivity contribution in [1.82, 2.24) is 15.1 Å². The average molecular weight is 357 g/mol. The molecule has 0 atom stereocenters. The summed E-state index contributed by atoms with van der Waals surface area (Å²) in [6.07, 6.45) is 0. The van der Waals surface area contributed by atoms with Gasteiger partial charge in [0.1, 0.15) is 6.54 Å². The largest absolute Gasteiger partial charge is 0.311 e. The average Bonchev–Trinajstić information content (AvgIpc) is 2.67. The van der Waals surface area contributed by atoms with Crippen molar-refractivity contribution in [2.75, 3.05) is 18.0 Å². The van der Waals surface area contributed by atoms with Gasteiger partial charge in [-0.1, -0.05) is 18.2 Å². The number of para-hydroxylation sites is 1. The van der Waals surface area contributed by atoms with Crippen molar-refractivity contribution < 1.29 is 4.79 Å². The SMILES string of the molecule is Cc1cc(C)n(CC(=O)N2CCNCc3ccccc32)n1.Cl.Cl. The molecule has 0 saturated heterocycles. The summed E-state index contributed by atoms with van der Waals surface area (Å²) in [7, 11) is 0. The van der Waals surface area contributed by atoms with Gasteiger partial charge in [0.05, 0.1) is 5.69 Å². The van der Waals surface area contributed by atoms with E-state index in [2.05, 4.69) is 16.5 Å². The summed E-state index contributed by atoms with van der Waals surface area (Å²) < 4.78 is 1.78. The lowest BCUT2D eigenvalue weighted by Crippen LogP contribution is -2.37. The lowest BCUT2D eigenvalue weighted by atomic mass is 10.1. The molecule has 1 aromatic carbocycles. The molecule has 0 saturated carbocycles. The Balaban J connectivity index is 0.00000132. The number of aromatic nitrogens is 2. The second-order valence-corrected chi connectivity index (χ2v) is 5.44. The summed E-state index contributed by atoms with van der Waals surface area (Å²) in [4.78, 5) is 14.5. The van der Waals surface area contributed by atoms with Gasteiger partial charge in [-0.3, -0.25) is 9.48 Å². The van der Waals surface area contributed by atoms with Gasteiger partial charge in [0.25, 0.3) is 0 Å². The third-order valence-electron chi connectivity index (χ3n) is 3.80. The molecule has 1 aliphatic rings. The minimum atomic E-state index is 0. The van der Waals surface area contributed by atoms with E-state index in [0.717, 1.165) is 35.7 Å². The molecule has 23 heavy (non-hydrogen) atoms. The molecule has 0 spiro atoms. The van der Waals surface area contributed by atoms with Gasteiger partial charge in [0.2, 0.25) is 5.91 Å². The zero-order chi connectivity index (χ0) is 14.8. The normalized spacial score (nSPS) is 13.4. The molecule has 3 rings (SSSR count). The number of carbonyl (C=O) groups is 1. The molecule has 0 unspecified atom stereocenters. The van der Waals surface area contributed by atoms with Crippen molar-refractivity contribution in [1.29, 1.82) is 0 Å². The number of aryl methyl sites for hydroxylation is 2. The smallest absolute Gasteiger partial charge is 0.248 e. The fourth-order valence-electron chi connectivity index (χ4n) is 2.77. The van der Waals surface area contributed by atoms with E-state index >= 15 is 0 Å². The Bertz CT molecular complexity index is 672. The standard InChI is InChI=1S/C16H20N4O.2ClH/c1-12-9-13(2)20(18-12)11-16(21)19-8-7-17-10-14-5-3-4-6-15(14)19;;/h3-6,9,17H,7-8,10-11H2,1-2H3;2*1H. The van der Waals surface area contributed by atoms with E-state index in [1.807, 2.05) is 43.0 Å². The zero-order valence-corrected chi connectivity index (χ0v) is 14.9. The maximum atomic E-state index is 12.7. The maximum absolute atomic E-state index is 12.7. The first-order chi connectivity index (χ1) is 10.1. The second kappa shape index (κ2) is 8.34. The van der Waals surface area contributed by atoms with Crippen LogP contribution in [0.4, 0.5) is 5.69 Å². The zero-order valence-electron chi connectivity index (χ0n) is 13.3. The molecular weight excluding hydrogens is 335 g/mol. The molecule has 0 fully saturated rings. The number of amides is 1.